The van der Waals surface area contributed by atoms with Gasteiger partial charge in [0.05, 0.1) is 15.7 Å². The number of hydrogen-bond acceptors (Lipinski definition) is 3. The molecule has 5 nitrogen and oxygen atoms in total. The molecule has 0 spiro atoms. The molecule has 0 unspecified atom stereocenters. The SMILES string of the molecule is CN(C)S(=O)(=O)Nc1ccc(Nc2c(Cl)cccc2Cl)cc1. The first-order chi connectivity index (χ1) is 10.3. The summed E-state index contributed by atoms with van der Waals surface area (Å²) < 4.78 is 27.0. The van der Waals surface area contributed by atoms with Gasteiger partial charge < -0.3 is 5.32 Å². The fraction of sp³-hybridized carbons (Fsp3) is 0.143. The van der Waals surface area contributed by atoms with Gasteiger partial charge in [-0.2, -0.15) is 12.7 Å². The Bertz CT molecular complexity index is 742. The number of halogens is 2. The van der Waals surface area contributed by atoms with Gasteiger partial charge in [0.15, 0.2) is 0 Å². The molecule has 0 fully saturated rings. The van der Waals surface area contributed by atoms with Gasteiger partial charge in [-0.05, 0) is 36.4 Å². The molecule has 0 radical (unpaired) electrons. The van der Waals surface area contributed by atoms with Crippen LogP contribution in [-0.4, -0.2) is 26.8 Å². The summed E-state index contributed by atoms with van der Waals surface area (Å²) in [5, 5.41) is 4.11. The van der Waals surface area contributed by atoms with Gasteiger partial charge in [0.1, 0.15) is 0 Å². The quantitative estimate of drug-likeness (QED) is 0.849. The third kappa shape index (κ3) is 4.04. The number of nitrogens with one attached hydrogen (secondary N) is 2. The fourth-order valence-corrected chi connectivity index (χ4v) is 2.73. The zero-order valence-corrected chi connectivity index (χ0v) is 14.3. The highest BCUT2D eigenvalue weighted by molar-refractivity contribution is 7.90. The summed E-state index contributed by atoms with van der Waals surface area (Å²) in [6.45, 7) is 0. The normalized spacial score (nSPS) is 11.5. The van der Waals surface area contributed by atoms with Gasteiger partial charge in [-0.25, -0.2) is 0 Å². The first-order valence-electron chi connectivity index (χ1n) is 6.31. The third-order valence-electron chi connectivity index (χ3n) is 2.84. The van der Waals surface area contributed by atoms with Gasteiger partial charge >= 0.3 is 10.2 Å². The number of benzene rings is 2. The molecule has 0 aliphatic rings. The molecule has 2 rings (SSSR count). The molecule has 0 heterocycles. The van der Waals surface area contributed by atoms with Crippen LogP contribution in [-0.2, 0) is 10.2 Å². The minimum absolute atomic E-state index is 0.463. The van der Waals surface area contributed by atoms with Crippen LogP contribution in [0, 0.1) is 0 Å². The molecule has 2 aromatic carbocycles. The van der Waals surface area contributed by atoms with E-state index in [4.69, 9.17) is 23.2 Å². The molecule has 0 aromatic heterocycles. The molecule has 8 heteroatoms. The minimum atomic E-state index is -3.52. The molecular formula is C14H15Cl2N3O2S. The highest BCUT2D eigenvalue weighted by atomic mass is 35.5. The predicted octanol–water partition coefficient (Wildman–Crippen LogP) is 3.96. The summed E-state index contributed by atoms with van der Waals surface area (Å²) in [7, 11) is -0.604. The summed E-state index contributed by atoms with van der Waals surface area (Å²) in [6, 6.07) is 12.0. The lowest BCUT2D eigenvalue weighted by Crippen LogP contribution is -2.28. The Balaban J connectivity index is 2.16. The predicted molar refractivity (Wildman–Crippen MR) is 92.4 cm³/mol. The summed E-state index contributed by atoms with van der Waals surface area (Å²) in [6.07, 6.45) is 0. The van der Waals surface area contributed by atoms with Crippen molar-refractivity contribution in [1.29, 1.82) is 0 Å². The average Bonchev–Trinajstić information content (AvgIpc) is 2.44. The molecule has 0 atom stereocenters. The first kappa shape index (κ1) is 16.9. The molecule has 22 heavy (non-hydrogen) atoms. The van der Waals surface area contributed by atoms with Crippen LogP contribution in [0.5, 0.6) is 0 Å². The van der Waals surface area contributed by atoms with Gasteiger partial charge in [0.25, 0.3) is 0 Å². The van der Waals surface area contributed by atoms with Crippen LogP contribution in [0.15, 0.2) is 42.5 Å². The molecule has 0 saturated heterocycles. The van der Waals surface area contributed by atoms with E-state index in [2.05, 4.69) is 10.0 Å². The van der Waals surface area contributed by atoms with Crippen molar-refractivity contribution >= 4 is 50.5 Å². The number of hydrogen-bond donors (Lipinski definition) is 2. The highest BCUT2D eigenvalue weighted by Crippen LogP contribution is 2.32. The molecule has 2 aromatic rings. The van der Waals surface area contributed by atoms with Gasteiger partial charge in [0.2, 0.25) is 0 Å². The Morgan fingerprint density at radius 1 is 0.909 bits per heavy atom. The third-order valence-corrected chi connectivity index (χ3v) is 4.93. The number of rotatable bonds is 5. The van der Waals surface area contributed by atoms with E-state index >= 15 is 0 Å². The van der Waals surface area contributed by atoms with E-state index in [1.54, 1.807) is 42.5 Å². The molecule has 2 N–H and O–H groups in total. The van der Waals surface area contributed by atoms with Crippen molar-refractivity contribution < 1.29 is 8.42 Å². The van der Waals surface area contributed by atoms with Crippen molar-refractivity contribution in [3.8, 4) is 0 Å². The van der Waals surface area contributed by atoms with E-state index in [0.717, 1.165) is 9.99 Å². The Hall–Kier alpha value is -1.47. The van der Waals surface area contributed by atoms with Gasteiger partial charge in [-0.15, -0.1) is 0 Å². The lowest BCUT2D eigenvalue weighted by molar-refractivity contribution is 0.527. The van der Waals surface area contributed by atoms with Crippen molar-refractivity contribution in [2.75, 3.05) is 24.1 Å². The van der Waals surface area contributed by atoms with Crippen molar-refractivity contribution in [3.63, 3.8) is 0 Å². The van der Waals surface area contributed by atoms with Crippen molar-refractivity contribution in [1.82, 2.24) is 4.31 Å². The smallest absolute Gasteiger partial charge is 0.301 e. The molecule has 0 aliphatic heterocycles. The van der Waals surface area contributed by atoms with Crippen molar-refractivity contribution in [2.24, 2.45) is 0 Å². The Morgan fingerprint density at radius 2 is 1.41 bits per heavy atom. The first-order valence-corrected chi connectivity index (χ1v) is 8.50. The van der Waals surface area contributed by atoms with Gasteiger partial charge in [-0.3, -0.25) is 4.72 Å². The molecule has 0 bridgehead atoms. The van der Waals surface area contributed by atoms with E-state index in [1.807, 2.05) is 0 Å². The maximum Gasteiger partial charge on any atom is 0.301 e. The highest BCUT2D eigenvalue weighted by Gasteiger charge is 2.12. The van der Waals surface area contributed by atoms with E-state index in [9.17, 15) is 8.42 Å². The Labute approximate surface area is 140 Å². The second kappa shape index (κ2) is 6.75. The van der Waals surface area contributed by atoms with Crippen LogP contribution < -0.4 is 10.0 Å². The summed E-state index contributed by atoms with van der Waals surface area (Å²) >= 11 is 12.2. The Morgan fingerprint density at radius 3 is 1.91 bits per heavy atom. The second-order valence-corrected chi connectivity index (χ2v) is 7.39. The van der Waals surface area contributed by atoms with Crippen LogP contribution in [0.3, 0.4) is 0 Å². The molecule has 0 saturated carbocycles. The lowest BCUT2D eigenvalue weighted by atomic mass is 10.2. The number of anilines is 3. The summed E-state index contributed by atoms with van der Waals surface area (Å²) in [5.74, 6) is 0. The number of para-hydroxylation sites is 1. The fourth-order valence-electron chi connectivity index (χ4n) is 1.62. The lowest BCUT2D eigenvalue weighted by Gasteiger charge is -2.14. The molecule has 118 valence electrons. The van der Waals surface area contributed by atoms with Crippen LogP contribution in [0.25, 0.3) is 0 Å². The van der Waals surface area contributed by atoms with Gasteiger partial charge in [-0.1, -0.05) is 29.3 Å². The monoisotopic (exact) mass is 359 g/mol. The van der Waals surface area contributed by atoms with Crippen LogP contribution in [0.4, 0.5) is 17.1 Å². The van der Waals surface area contributed by atoms with Crippen LogP contribution in [0.2, 0.25) is 10.0 Å². The van der Waals surface area contributed by atoms with Gasteiger partial charge in [0, 0.05) is 25.5 Å². The summed E-state index contributed by atoms with van der Waals surface area (Å²) in [5.41, 5.74) is 1.81. The standard InChI is InChI=1S/C14H15Cl2N3O2S/c1-19(2)22(20,21)18-11-8-6-10(7-9-11)17-14-12(15)4-3-5-13(14)16/h3-9,17-18H,1-2H3. The van der Waals surface area contributed by atoms with Crippen LogP contribution in [0.1, 0.15) is 0 Å². The molecular weight excluding hydrogens is 345 g/mol. The largest absolute Gasteiger partial charge is 0.353 e. The average molecular weight is 360 g/mol. The number of nitrogens with zero attached hydrogens (tertiary/aromatic N) is 1. The van der Waals surface area contributed by atoms with E-state index < -0.39 is 10.2 Å². The topological polar surface area (TPSA) is 61.4 Å². The second-order valence-electron chi connectivity index (χ2n) is 4.69. The Kier molecular flexibility index (Phi) is 5.18. The zero-order chi connectivity index (χ0) is 16.3. The van der Waals surface area contributed by atoms with Crippen LogP contribution >= 0.6 is 23.2 Å². The van der Waals surface area contributed by atoms with Crippen molar-refractivity contribution in [3.05, 3.63) is 52.5 Å². The molecule has 0 amide bonds. The van der Waals surface area contributed by atoms with E-state index in [0.29, 0.717) is 21.4 Å². The van der Waals surface area contributed by atoms with E-state index in [1.165, 1.54) is 14.1 Å². The minimum Gasteiger partial charge on any atom is -0.353 e. The van der Waals surface area contributed by atoms with E-state index in [-0.39, 0.29) is 0 Å². The summed E-state index contributed by atoms with van der Waals surface area (Å²) in [4.78, 5) is 0. The zero-order valence-electron chi connectivity index (χ0n) is 12.0. The molecule has 0 aliphatic carbocycles. The van der Waals surface area contributed by atoms with Crippen molar-refractivity contribution in [2.45, 2.75) is 0 Å². The maximum atomic E-state index is 11.7. The maximum absolute atomic E-state index is 11.7.